The first kappa shape index (κ1) is 12.1. The van der Waals surface area contributed by atoms with E-state index in [0.29, 0.717) is 11.9 Å². The number of ketones is 1. The molecule has 0 aromatic heterocycles. The molecule has 2 rings (SSSR count). The molecule has 0 N–H and O–H groups in total. The first-order chi connectivity index (χ1) is 7.84. The Hall–Kier alpha value is -0.410. The quantitative estimate of drug-likeness (QED) is 0.726. The molecule has 0 aromatic carbocycles. The average molecular weight is 226 g/mol. The second kappa shape index (κ2) is 6.36. The van der Waals surface area contributed by atoms with Crippen LogP contribution in [0, 0.1) is 0 Å². The number of rotatable bonds is 2. The molecule has 1 heterocycles. The summed E-state index contributed by atoms with van der Waals surface area (Å²) < 4.78 is 11.6. The zero-order valence-corrected chi connectivity index (χ0v) is 9.95. The van der Waals surface area contributed by atoms with Crippen molar-refractivity contribution in [3.05, 3.63) is 0 Å². The third-order valence-corrected chi connectivity index (χ3v) is 3.45. The monoisotopic (exact) mass is 226 g/mol. The Balaban J connectivity index is 1.73. The van der Waals surface area contributed by atoms with Crippen molar-refractivity contribution in [1.29, 1.82) is 0 Å². The van der Waals surface area contributed by atoms with Gasteiger partial charge in [0, 0.05) is 19.4 Å². The van der Waals surface area contributed by atoms with E-state index in [9.17, 15) is 4.79 Å². The summed E-state index contributed by atoms with van der Waals surface area (Å²) in [5.74, 6) is 0.423. The second-order valence-electron chi connectivity index (χ2n) is 4.88. The predicted octanol–water partition coefficient (Wildman–Crippen LogP) is 2.82. The van der Waals surface area contributed by atoms with Crippen molar-refractivity contribution in [3.63, 3.8) is 0 Å². The minimum Gasteiger partial charge on any atom is -0.353 e. The van der Waals surface area contributed by atoms with Gasteiger partial charge in [-0.15, -0.1) is 0 Å². The highest BCUT2D eigenvalue weighted by molar-refractivity contribution is 5.78. The fraction of sp³-hybridized carbons (Fsp3) is 0.923. The fourth-order valence-electron chi connectivity index (χ4n) is 2.49. The van der Waals surface area contributed by atoms with Crippen LogP contribution < -0.4 is 0 Å². The molecule has 0 radical (unpaired) electrons. The third kappa shape index (κ3) is 3.87. The standard InChI is InChI=1S/C13H22O3/c14-11-5-3-7-12(8-4-6-11)16-13-9-1-2-10-15-13/h12-13H,1-10H2. The summed E-state index contributed by atoms with van der Waals surface area (Å²) in [5.41, 5.74) is 0. The molecule has 0 spiro atoms. The Morgan fingerprint density at radius 1 is 1.00 bits per heavy atom. The maximum Gasteiger partial charge on any atom is 0.157 e. The molecule has 16 heavy (non-hydrogen) atoms. The van der Waals surface area contributed by atoms with Gasteiger partial charge in [0.25, 0.3) is 0 Å². The van der Waals surface area contributed by atoms with Crippen LogP contribution in [0.3, 0.4) is 0 Å². The van der Waals surface area contributed by atoms with E-state index in [1.807, 2.05) is 0 Å². The fourth-order valence-corrected chi connectivity index (χ4v) is 2.49. The molecule has 2 aliphatic rings. The summed E-state index contributed by atoms with van der Waals surface area (Å²) >= 11 is 0. The second-order valence-corrected chi connectivity index (χ2v) is 4.88. The summed E-state index contributed by atoms with van der Waals surface area (Å²) in [6.07, 6.45) is 9.25. The molecule has 3 heteroatoms. The highest BCUT2D eigenvalue weighted by Crippen LogP contribution is 2.22. The first-order valence-corrected chi connectivity index (χ1v) is 6.63. The van der Waals surface area contributed by atoms with E-state index in [0.717, 1.165) is 51.6 Å². The maximum atomic E-state index is 11.3. The Kier molecular flexibility index (Phi) is 4.79. The number of carbonyl (C=O) groups excluding carboxylic acids is 1. The average Bonchev–Trinajstić information content (AvgIpc) is 2.27. The Morgan fingerprint density at radius 3 is 2.38 bits per heavy atom. The Morgan fingerprint density at radius 2 is 1.75 bits per heavy atom. The van der Waals surface area contributed by atoms with Crippen LogP contribution in [-0.4, -0.2) is 24.8 Å². The molecule has 1 saturated heterocycles. The molecule has 1 aliphatic carbocycles. The van der Waals surface area contributed by atoms with Crippen LogP contribution in [0.4, 0.5) is 0 Å². The van der Waals surface area contributed by atoms with Crippen LogP contribution in [0.1, 0.15) is 57.8 Å². The zero-order chi connectivity index (χ0) is 11.2. The van der Waals surface area contributed by atoms with Gasteiger partial charge in [0.05, 0.1) is 6.10 Å². The van der Waals surface area contributed by atoms with Crippen LogP contribution in [-0.2, 0) is 14.3 Å². The van der Waals surface area contributed by atoms with Crippen molar-refractivity contribution in [1.82, 2.24) is 0 Å². The molecule has 92 valence electrons. The van der Waals surface area contributed by atoms with Gasteiger partial charge < -0.3 is 9.47 Å². The summed E-state index contributed by atoms with van der Waals surface area (Å²) in [4.78, 5) is 11.3. The molecule has 0 aromatic rings. The highest BCUT2D eigenvalue weighted by atomic mass is 16.7. The van der Waals surface area contributed by atoms with Crippen molar-refractivity contribution >= 4 is 5.78 Å². The summed E-state index contributed by atoms with van der Waals surface area (Å²) in [6.45, 7) is 0.843. The van der Waals surface area contributed by atoms with Crippen LogP contribution in [0.2, 0.25) is 0 Å². The van der Waals surface area contributed by atoms with Crippen molar-refractivity contribution in [2.45, 2.75) is 70.2 Å². The van der Waals surface area contributed by atoms with Crippen molar-refractivity contribution in [2.75, 3.05) is 6.61 Å². The van der Waals surface area contributed by atoms with Crippen molar-refractivity contribution in [3.8, 4) is 0 Å². The summed E-state index contributed by atoms with van der Waals surface area (Å²) in [7, 11) is 0. The van der Waals surface area contributed by atoms with E-state index >= 15 is 0 Å². The van der Waals surface area contributed by atoms with E-state index in [4.69, 9.17) is 9.47 Å². The lowest BCUT2D eigenvalue weighted by Gasteiger charge is -2.28. The van der Waals surface area contributed by atoms with E-state index in [2.05, 4.69) is 0 Å². The molecule has 3 nitrogen and oxygen atoms in total. The minimum atomic E-state index is 0.0221. The lowest BCUT2D eigenvalue weighted by molar-refractivity contribution is -0.191. The minimum absolute atomic E-state index is 0.0221. The molecule has 1 atom stereocenters. The number of ether oxygens (including phenoxy) is 2. The number of Topliss-reactive ketones (excluding diaryl/α,β-unsaturated/α-hetero) is 1. The van der Waals surface area contributed by atoms with Crippen molar-refractivity contribution in [2.24, 2.45) is 0 Å². The van der Waals surface area contributed by atoms with Crippen LogP contribution in [0.5, 0.6) is 0 Å². The van der Waals surface area contributed by atoms with Gasteiger partial charge in [0.2, 0.25) is 0 Å². The van der Waals surface area contributed by atoms with E-state index in [1.54, 1.807) is 0 Å². The van der Waals surface area contributed by atoms with Gasteiger partial charge in [-0.3, -0.25) is 4.79 Å². The molecule has 1 saturated carbocycles. The van der Waals surface area contributed by atoms with Crippen LogP contribution in [0.15, 0.2) is 0 Å². The van der Waals surface area contributed by atoms with Gasteiger partial charge in [-0.2, -0.15) is 0 Å². The van der Waals surface area contributed by atoms with Crippen molar-refractivity contribution < 1.29 is 14.3 Å². The maximum absolute atomic E-state index is 11.3. The SMILES string of the molecule is O=C1CCCC(OC2CCCCO2)CCC1. The van der Waals surface area contributed by atoms with E-state index in [-0.39, 0.29) is 6.29 Å². The van der Waals surface area contributed by atoms with Crippen LogP contribution >= 0.6 is 0 Å². The lowest BCUT2D eigenvalue weighted by atomic mass is 9.97. The van der Waals surface area contributed by atoms with Gasteiger partial charge in [-0.25, -0.2) is 0 Å². The molecular weight excluding hydrogens is 204 g/mol. The third-order valence-electron chi connectivity index (χ3n) is 3.45. The van der Waals surface area contributed by atoms with Gasteiger partial charge in [-0.1, -0.05) is 0 Å². The first-order valence-electron chi connectivity index (χ1n) is 6.63. The number of hydrogen-bond acceptors (Lipinski definition) is 3. The molecule has 1 unspecified atom stereocenters. The lowest BCUT2D eigenvalue weighted by Crippen LogP contribution is -2.28. The summed E-state index contributed by atoms with van der Waals surface area (Å²) in [6, 6.07) is 0. The Labute approximate surface area is 97.5 Å². The molecule has 1 aliphatic heterocycles. The molecule has 0 amide bonds. The highest BCUT2D eigenvalue weighted by Gasteiger charge is 2.21. The van der Waals surface area contributed by atoms with Gasteiger partial charge >= 0.3 is 0 Å². The molecular formula is C13H22O3. The van der Waals surface area contributed by atoms with Gasteiger partial charge in [0.1, 0.15) is 5.78 Å². The van der Waals surface area contributed by atoms with E-state index in [1.165, 1.54) is 12.8 Å². The van der Waals surface area contributed by atoms with Crippen LogP contribution in [0.25, 0.3) is 0 Å². The van der Waals surface area contributed by atoms with Gasteiger partial charge in [0.15, 0.2) is 6.29 Å². The normalized spacial score (nSPS) is 29.8. The summed E-state index contributed by atoms with van der Waals surface area (Å²) in [5, 5.41) is 0. The molecule has 0 bridgehead atoms. The largest absolute Gasteiger partial charge is 0.353 e. The van der Waals surface area contributed by atoms with E-state index < -0.39 is 0 Å². The zero-order valence-electron chi connectivity index (χ0n) is 9.95. The number of carbonyl (C=O) groups is 1. The van der Waals surface area contributed by atoms with Gasteiger partial charge in [-0.05, 0) is 44.9 Å². The topological polar surface area (TPSA) is 35.5 Å². The molecule has 2 fully saturated rings. The Bertz CT molecular complexity index is 209. The predicted molar refractivity (Wildman–Crippen MR) is 61.2 cm³/mol. The number of hydrogen-bond donors (Lipinski definition) is 0. The smallest absolute Gasteiger partial charge is 0.157 e.